The fourth-order valence-corrected chi connectivity index (χ4v) is 4.16. The van der Waals surface area contributed by atoms with Gasteiger partial charge in [-0.3, -0.25) is 4.79 Å². The van der Waals surface area contributed by atoms with Crippen LogP contribution < -0.4 is 19.1 Å². The Morgan fingerprint density at radius 1 is 1.21 bits per heavy atom. The quantitative estimate of drug-likeness (QED) is 0.569. The van der Waals surface area contributed by atoms with E-state index in [2.05, 4.69) is 21.0 Å². The second-order valence-corrected chi connectivity index (χ2v) is 7.90. The molecule has 10 nitrogen and oxygen atoms in total. The summed E-state index contributed by atoms with van der Waals surface area (Å²) in [5, 5.41) is 9.44. The van der Waals surface area contributed by atoms with Crippen LogP contribution in [0.25, 0.3) is 0 Å². The summed E-state index contributed by atoms with van der Waals surface area (Å²) in [5.41, 5.74) is 2.42. The van der Waals surface area contributed by atoms with Crippen LogP contribution >= 0.6 is 0 Å². The van der Waals surface area contributed by atoms with Crippen LogP contribution in [0.3, 0.4) is 0 Å². The van der Waals surface area contributed by atoms with E-state index in [0.29, 0.717) is 49.0 Å². The Bertz CT molecular complexity index is 1250. The van der Waals surface area contributed by atoms with E-state index in [4.69, 9.17) is 14.2 Å². The van der Waals surface area contributed by atoms with E-state index in [0.717, 1.165) is 23.5 Å². The fraction of sp³-hybridized carbons (Fsp3) is 0.292. The van der Waals surface area contributed by atoms with Crippen molar-refractivity contribution in [2.24, 2.45) is 0 Å². The average molecular weight is 458 g/mol. The summed E-state index contributed by atoms with van der Waals surface area (Å²) >= 11 is 0. The molecule has 0 aliphatic carbocycles. The van der Waals surface area contributed by atoms with Crippen molar-refractivity contribution in [2.75, 3.05) is 38.3 Å². The molecular weight excluding hydrogens is 436 g/mol. The van der Waals surface area contributed by atoms with Crippen molar-refractivity contribution in [3.05, 3.63) is 60.3 Å². The number of nitriles is 1. The van der Waals surface area contributed by atoms with E-state index in [9.17, 15) is 10.1 Å². The third-order valence-corrected chi connectivity index (χ3v) is 5.80. The Balaban J connectivity index is 1.33. The SMILES string of the molecule is COc1ncc(N2CCOc3ccc(OC4CCN(C(=O)c5cncnc5)C4)cc32)cc1C#N. The van der Waals surface area contributed by atoms with Gasteiger partial charge in [0.15, 0.2) is 0 Å². The molecule has 1 unspecified atom stereocenters. The number of benzene rings is 1. The number of hydrogen-bond donors (Lipinski definition) is 0. The zero-order valence-corrected chi connectivity index (χ0v) is 18.5. The number of nitrogens with zero attached hydrogens (tertiary/aromatic N) is 6. The molecule has 5 rings (SSSR count). The zero-order chi connectivity index (χ0) is 23.5. The molecule has 1 fully saturated rings. The lowest BCUT2D eigenvalue weighted by atomic mass is 10.2. The van der Waals surface area contributed by atoms with Crippen molar-refractivity contribution >= 4 is 17.3 Å². The van der Waals surface area contributed by atoms with Gasteiger partial charge in [0.2, 0.25) is 5.88 Å². The number of carbonyl (C=O) groups is 1. The highest BCUT2D eigenvalue weighted by Crippen LogP contribution is 2.40. The fourth-order valence-electron chi connectivity index (χ4n) is 4.16. The molecule has 4 heterocycles. The van der Waals surface area contributed by atoms with Gasteiger partial charge >= 0.3 is 0 Å². The summed E-state index contributed by atoms with van der Waals surface area (Å²) in [5.74, 6) is 1.59. The van der Waals surface area contributed by atoms with Gasteiger partial charge in [-0.2, -0.15) is 5.26 Å². The van der Waals surface area contributed by atoms with Gasteiger partial charge in [-0.1, -0.05) is 0 Å². The summed E-state index contributed by atoms with van der Waals surface area (Å²) in [6.45, 7) is 2.19. The largest absolute Gasteiger partial charge is 0.490 e. The van der Waals surface area contributed by atoms with Crippen molar-refractivity contribution in [2.45, 2.75) is 12.5 Å². The van der Waals surface area contributed by atoms with Crippen LogP contribution in [-0.2, 0) is 0 Å². The number of rotatable bonds is 5. The molecule has 34 heavy (non-hydrogen) atoms. The minimum atomic E-state index is -0.127. The molecule has 1 aromatic carbocycles. The standard InChI is InChI=1S/C24H22N6O4/c1-32-23-16(10-25)8-18(13-28-23)30-6-7-33-22-3-2-19(9-21(22)30)34-20-4-5-29(14-20)24(31)17-11-26-15-27-12-17/h2-3,8-9,11-13,15,20H,4-7,14H2,1H3. The number of aromatic nitrogens is 3. The lowest BCUT2D eigenvalue weighted by molar-refractivity contribution is 0.0771. The van der Waals surface area contributed by atoms with Crippen LogP contribution in [0.4, 0.5) is 11.4 Å². The summed E-state index contributed by atoms with van der Waals surface area (Å²) in [6, 6.07) is 9.53. The normalized spacial score (nSPS) is 16.9. The molecule has 172 valence electrons. The highest BCUT2D eigenvalue weighted by atomic mass is 16.5. The second kappa shape index (κ2) is 9.23. The maximum Gasteiger partial charge on any atom is 0.257 e. The van der Waals surface area contributed by atoms with E-state index in [-0.39, 0.29) is 12.0 Å². The van der Waals surface area contributed by atoms with Gasteiger partial charge in [0.25, 0.3) is 5.91 Å². The molecule has 2 aliphatic heterocycles. The maximum absolute atomic E-state index is 12.7. The first-order valence-electron chi connectivity index (χ1n) is 10.9. The number of fused-ring (bicyclic) bond motifs is 1. The van der Waals surface area contributed by atoms with Crippen LogP contribution in [0.1, 0.15) is 22.3 Å². The van der Waals surface area contributed by atoms with Crippen LogP contribution in [0.15, 0.2) is 49.2 Å². The second-order valence-electron chi connectivity index (χ2n) is 7.90. The highest BCUT2D eigenvalue weighted by molar-refractivity contribution is 5.93. The number of likely N-dealkylation sites (tertiary alicyclic amines) is 1. The van der Waals surface area contributed by atoms with Crippen molar-refractivity contribution in [3.63, 3.8) is 0 Å². The number of methoxy groups -OCH3 is 1. The molecule has 2 aliphatic rings. The molecule has 1 saturated heterocycles. The molecule has 0 saturated carbocycles. The summed E-state index contributed by atoms with van der Waals surface area (Å²) < 4.78 is 17.2. The van der Waals surface area contributed by atoms with E-state index in [1.807, 2.05) is 23.1 Å². The number of carbonyl (C=O) groups excluding carboxylic acids is 1. The third-order valence-electron chi connectivity index (χ3n) is 5.80. The minimum absolute atomic E-state index is 0.1000. The lowest BCUT2D eigenvalue weighted by Gasteiger charge is -2.31. The number of amides is 1. The van der Waals surface area contributed by atoms with Gasteiger partial charge in [-0.05, 0) is 18.2 Å². The van der Waals surface area contributed by atoms with Crippen LogP contribution in [0, 0.1) is 11.3 Å². The number of anilines is 2. The highest BCUT2D eigenvalue weighted by Gasteiger charge is 2.29. The van der Waals surface area contributed by atoms with Gasteiger partial charge in [-0.25, -0.2) is 15.0 Å². The molecule has 0 spiro atoms. The van der Waals surface area contributed by atoms with E-state index in [1.54, 1.807) is 17.2 Å². The first kappa shape index (κ1) is 21.5. The van der Waals surface area contributed by atoms with Gasteiger partial charge in [0, 0.05) is 31.4 Å². The zero-order valence-electron chi connectivity index (χ0n) is 18.5. The Labute approximate surface area is 196 Å². The molecule has 0 radical (unpaired) electrons. The van der Waals surface area contributed by atoms with Gasteiger partial charge in [-0.15, -0.1) is 0 Å². The number of ether oxygens (including phenoxy) is 3. The Hall–Kier alpha value is -4.39. The summed E-state index contributed by atoms with van der Waals surface area (Å²) in [4.78, 5) is 28.6. The molecule has 1 amide bonds. The number of pyridine rings is 1. The maximum atomic E-state index is 12.7. The predicted molar refractivity (Wildman–Crippen MR) is 121 cm³/mol. The van der Waals surface area contributed by atoms with Crippen molar-refractivity contribution in [3.8, 4) is 23.4 Å². The first-order valence-corrected chi connectivity index (χ1v) is 10.9. The molecule has 0 N–H and O–H groups in total. The van der Waals surface area contributed by atoms with Crippen LogP contribution in [-0.4, -0.2) is 65.2 Å². The summed E-state index contributed by atoms with van der Waals surface area (Å²) in [6.07, 6.45) is 6.72. The molecule has 2 aromatic heterocycles. The van der Waals surface area contributed by atoms with Gasteiger partial charge in [0.1, 0.15) is 42.2 Å². The molecule has 3 aromatic rings. The van der Waals surface area contributed by atoms with E-state index in [1.165, 1.54) is 25.8 Å². The van der Waals surface area contributed by atoms with Crippen molar-refractivity contribution in [1.82, 2.24) is 19.9 Å². The van der Waals surface area contributed by atoms with E-state index < -0.39 is 0 Å². The Kier molecular flexibility index (Phi) is 5.82. The third kappa shape index (κ3) is 4.15. The monoisotopic (exact) mass is 458 g/mol. The molecule has 10 heteroatoms. The van der Waals surface area contributed by atoms with Crippen LogP contribution in [0.2, 0.25) is 0 Å². The van der Waals surface area contributed by atoms with Gasteiger partial charge < -0.3 is 24.0 Å². The topological polar surface area (TPSA) is 114 Å². The Morgan fingerprint density at radius 3 is 2.85 bits per heavy atom. The van der Waals surface area contributed by atoms with Crippen LogP contribution in [0.5, 0.6) is 17.4 Å². The van der Waals surface area contributed by atoms with Crippen molar-refractivity contribution < 1.29 is 19.0 Å². The molecule has 1 atom stereocenters. The molecule has 0 bridgehead atoms. The average Bonchev–Trinajstić information content (AvgIpc) is 3.36. The smallest absolute Gasteiger partial charge is 0.257 e. The first-order chi connectivity index (χ1) is 16.7. The number of hydrogen-bond acceptors (Lipinski definition) is 9. The van der Waals surface area contributed by atoms with E-state index >= 15 is 0 Å². The Morgan fingerprint density at radius 2 is 2.06 bits per heavy atom. The predicted octanol–water partition coefficient (Wildman–Crippen LogP) is 2.58. The minimum Gasteiger partial charge on any atom is -0.490 e. The van der Waals surface area contributed by atoms with Crippen molar-refractivity contribution in [1.29, 1.82) is 5.26 Å². The molecular formula is C24H22N6O4. The lowest BCUT2D eigenvalue weighted by Crippen LogP contribution is -2.31. The summed E-state index contributed by atoms with van der Waals surface area (Å²) in [7, 11) is 1.49. The van der Waals surface area contributed by atoms with Gasteiger partial charge in [0.05, 0.1) is 43.3 Å².